The maximum absolute atomic E-state index is 12.3. The Kier molecular flexibility index (Phi) is 6.09. The summed E-state index contributed by atoms with van der Waals surface area (Å²) in [5.41, 5.74) is 3.63. The SMILES string of the molecule is Cc1nn(CCCNC(=O)C(C)n2nc(C)c(Br)c2C)c(C)c1Cl. The highest BCUT2D eigenvalue weighted by molar-refractivity contribution is 9.10. The first-order valence-electron chi connectivity index (χ1n) is 7.92. The van der Waals surface area contributed by atoms with Crippen LogP contribution < -0.4 is 5.32 Å². The minimum absolute atomic E-state index is 0.0421. The lowest BCUT2D eigenvalue weighted by Crippen LogP contribution is -2.33. The first kappa shape index (κ1) is 19.0. The van der Waals surface area contributed by atoms with Crippen molar-refractivity contribution < 1.29 is 4.79 Å². The summed E-state index contributed by atoms with van der Waals surface area (Å²) in [5.74, 6) is -0.0421. The van der Waals surface area contributed by atoms with E-state index in [1.54, 1.807) is 4.68 Å². The second-order valence-electron chi connectivity index (χ2n) is 5.96. The predicted molar refractivity (Wildman–Crippen MR) is 98.4 cm³/mol. The van der Waals surface area contributed by atoms with Crippen molar-refractivity contribution in [2.45, 2.75) is 53.6 Å². The van der Waals surface area contributed by atoms with Gasteiger partial charge in [-0.3, -0.25) is 14.2 Å². The smallest absolute Gasteiger partial charge is 0.244 e. The summed E-state index contributed by atoms with van der Waals surface area (Å²) in [6, 6.07) is -0.349. The number of nitrogens with one attached hydrogen (secondary N) is 1. The van der Waals surface area contributed by atoms with Gasteiger partial charge in [0.25, 0.3) is 0 Å². The van der Waals surface area contributed by atoms with E-state index in [1.807, 2.05) is 39.3 Å². The lowest BCUT2D eigenvalue weighted by molar-refractivity contribution is -0.124. The molecular weight excluding hydrogens is 394 g/mol. The highest BCUT2D eigenvalue weighted by atomic mass is 79.9. The van der Waals surface area contributed by atoms with E-state index in [1.165, 1.54) is 0 Å². The zero-order chi connectivity index (χ0) is 18.0. The van der Waals surface area contributed by atoms with Gasteiger partial charge >= 0.3 is 0 Å². The lowest BCUT2D eigenvalue weighted by Gasteiger charge is -2.14. The van der Waals surface area contributed by atoms with Gasteiger partial charge in [0.15, 0.2) is 0 Å². The number of rotatable bonds is 6. The van der Waals surface area contributed by atoms with Crippen molar-refractivity contribution in [2.75, 3.05) is 6.54 Å². The van der Waals surface area contributed by atoms with E-state index < -0.39 is 0 Å². The van der Waals surface area contributed by atoms with Crippen LogP contribution >= 0.6 is 27.5 Å². The third-order valence-electron chi connectivity index (χ3n) is 4.12. The second kappa shape index (κ2) is 7.70. The van der Waals surface area contributed by atoms with E-state index in [2.05, 4.69) is 31.4 Å². The fraction of sp³-hybridized carbons (Fsp3) is 0.562. The number of halogens is 2. The summed E-state index contributed by atoms with van der Waals surface area (Å²) in [4.78, 5) is 12.3. The van der Waals surface area contributed by atoms with Crippen LogP contribution in [-0.4, -0.2) is 32.0 Å². The first-order valence-corrected chi connectivity index (χ1v) is 9.09. The Morgan fingerprint density at radius 2 is 1.88 bits per heavy atom. The molecular formula is C16H23BrClN5O. The number of hydrogen-bond donors (Lipinski definition) is 1. The van der Waals surface area contributed by atoms with Crippen LogP contribution in [0, 0.1) is 27.7 Å². The maximum atomic E-state index is 12.3. The molecule has 0 aliphatic rings. The van der Waals surface area contributed by atoms with Gasteiger partial charge in [-0.1, -0.05) is 11.6 Å². The van der Waals surface area contributed by atoms with Crippen LogP contribution in [0.15, 0.2) is 4.47 Å². The maximum Gasteiger partial charge on any atom is 0.244 e. The van der Waals surface area contributed by atoms with E-state index in [0.717, 1.165) is 40.2 Å². The Labute approximate surface area is 155 Å². The highest BCUT2D eigenvalue weighted by Gasteiger charge is 2.20. The van der Waals surface area contributed by atoms with Gasteiger partial charge in [0, 0.05) is 13.1 Å². The molecule has 2 aromatic rings. The van der Waals surface area contributed by atoms with Gasteiger partial charge in [-0.15, -0.1) is 0 Å². The topological polar surface area (TPSA) is 64.7 Å². The summed E-state index contributed by atoms with van der Waals surface area (Å²) in [6.45, 7) is 10.9. The molecule has 0 aromatic carbocycles. The van der Waals surface area contributed by atoms with Crippen molar-refractivity contribution in [3.05, 3.63) is 32.3 Å². The molecule has 0 aliphatic heterocycles. The molecule has 2 aromatic heterocycles. The highest BCUT2D eigenvalue weighted by Crippen LogP contribution is 2.23. The third kappa shape index (κ3) is 3.83. The van der Waals surface area contributed by atoms with Crippen LogP contribution in [0.2, 0.25) is 5.02 Å². The van der Waals surface area contributed by atoms with Gasteiger partial charge in [0.1, 0.15) is 6.04 Å². The molecule has 1 atom stereocenters. The molecule has 1 unspecified atom stereocenters. The Morgan fingerprint density at radius 1 is 1.21 bits per heavy atom. The summed E-state index contributed by atoms with van der Waals surface area (Å²) < 4.78 is 4.57. The predicted octanol–water partition coefficient (Wildman–Crippen LogP) is 3.50. The average Bonchev–Trinajstić information content (AvgIpc) is 2.95. The number of aromatic nitrogens is 4. The molecule has 0 fully saturated rings. The molecule has 132 valence electrons. The monoisotopic (exact) mass is 415 g/mol. The second-order valence-corrected chi connectivity index (χ2v) is 7.13. The summed E-state index contributed by atoms with van der Waals surface area (Å²) in [6.07, 6.45) is 0.789. The summed E-state index contributed by atoms with van der Waals surface area (Å²) >= 11 is 9.62. The van der Waals surface area contributed by atoms with Crippen LogP contribution in [0.5, 0.6) is 0 Å². The van der Waals surface area contributed by atoms with Crippen molar-refractivity contribution in [3.8, 4) is 0 Å². The van der Waals surface area contributed by atoms with Crippen molar-refractivity contribution in [1.82, 2.24) is 24.9 Å². The van der Waals surface area contributed by atoms with Gasteiger partial charge in [-0.2, -0.15) is 10.2 Å². The number of nitrogens with zero attached hydrogens (tertiary/aromatic N) is 4. The van der Waals surface area contributed by atoms with Gasteiger partial charge in [0.2, 0.25) is 5.91 Å². The minimum atomic E-state index is -0.349. The quantitative estimate of drug-likeness (QED) is 0.733. The molecule has 1 N–H and O–H groups in total. The molecule has 6 nitrogen and oxygen atoms in total. The minimum Gasteiger partial charge on any atom is -0.354 e. The van der Waals surface area contributed by atoms with Crippen molar-refractivity contribution in [1.29, 1.82) is 0 Å². The molecule has 2 rings (SSSR count). The van der Waals surface area contributed by atoms with E-state index in [0.29, 0.717) is 11.6 Å². The van der Waals surface area contributed by atoms with Gasteiger partial charge in [0.05, 0.1) is 32.3 Å². The molecule has 0 radical (unpaired) electrons. The van der Waals surface area contributed by atoms with Crippen LogP contribution in [0.4, 0.5) is 0 Å². The molecule has 2 heterocycles. The Bertz CT molecular complexity index is 752. The zero-order valence-corrected chi connectivity index (χ0v) is 17.0. The normalized spacial score (nSPS) is 12.5. The van der Waals surface area contributed by atoms with Crippen LogP contribution in [0.1, 0.15) is 42.2 Å². The third-order valence-corrected chi connectivity index (χ3v) is 5.82. The van der Waals surface area contributed by atoms with Gasteiger partial charge < -0.3 is 5.32 Å². The van der Waals surface area contributed by atoms with Crippen LogP contribution in [-0.2, 0) is 11.3 Å². The van der Waals surface area contributed by atoms with E-state index >= 15 is 0 Å². The summed E-state index contributed by atoms with van der Waals surface area (Å²) in [5, 5.41) is 12.5. The Hall–Kier alpha value is -1.34. The number of hydrogen-bond acceptors (Lipinski definition) is 3. The fourth-order valence-corrected chi connectivity index (χ4v) is 3.01. The Morgan fingerprint density at radius 3 is 2.38 bits per heavy atom. The molecule has 0 bridgehead atoms. The van der Waals surface area contributed by atoms with Crippen LogP contribution in [0.25, 0.3) is 0 Å². The molecule has 0 aliphatic carbocycles. The summed E-state index contributed by atoms with van der Waals surface area (Å²) in [7, 11) is 0. The molecule has 0 saturated carbocycles. The van der Waals surface area contributed by atoms with Crippen molar-refractivity contribution in [2.24, 2.45) is 0 Å². The molecule has 0 spiro atoms. The molecule has 24 heavy (non-hydrogen) atoms. The van der Waals surface area contributed by atoms with E-state index in [9.17, 15) is 4.79 Å². The number of carbonyl (C=O) groups excluding carboxylic acids is 1. The average molecular weight is 417 g/mol. The standard InChI is InChI=1S/C16H23BrClN5O/c1-9-14(17)11(3)23(21-9)13(5)16(24)19-7-6-8-22-12(4)15(18)10(2)20-22/h13H,6-8H2,1-5H3,(H,19,24). The van der Waals surface area contributed by atoms with Gasteiger partial charge in [-0.25, -0.2) is 0 Å². The number of aryl methyl sites for hydroxylation is 3. The van der Waals surface area contributed by atoms with E-state index in [-0.39, 0.29) is 11.9 Å². The van der Waals surface area contributed by atoms with Gasteiger partial charge in [-0.05, 0) is 57.0 Å². The van der Waals surface area contributed by atoms with Crippen LogP contribution in [0.3, 0.4) is 0 Å². The molecule has 1 amide bonds. The molecule has 0 saturated heterocycles. The first-order chi connectivity index (χ1) is 11.2. The lowest BCUT2D eigenvalue weighted by atomic mass is 10.3. The molecule has 8 heteroatoms. The fourth-order valence-electron chi connectivity index (χ4n) is 2.61. The largest absolute Gasteiger partial charge is 0.354 e. The van der Waals surface area contributed by atoms with Crippen molar-refractivity contribution >= 4 is 33.4 Å². The zero-order valence-electron chi connectivity index (χ0n) is 14.7. The number of carbonyl (C=O) groups is 1. The van der Waals surface area contributed by atoms with Crippen molar-refractivity contribution in [3.63, 3.8) is 0 Å². The van der Waals surface area contributed by atoms with E-state index in [4.69, 9.17) is 11.6 Å². The number of amides is 1. The Balaban J connectivity index is 1.86.